The molecule has 1 N–H and O–H groups in total. The lowest BCUT2D eigenvalue weighted by atomic mass is 10.1. The summed E-state index contributed by atoms with van der Waals surface area (Å²) in [6, 6.07) is 12.6. The highest BCUT2D eigenvalue weighted by atomic mass is 32.1. The number of hydrogen-bond donors (Lipinski definition) is 1. The summed E-state index contributed by atoms with van der Waals surface area (Å²) in [6.07, 6.45) is 0.431. The van der Waals surface area contributed by atoms with E-state index < -0.39 is 0 Å². The highest BCUT2D eigenvalue weighted by Gasteiger charge is 2.23. The number of benzene rings is 1. The molecule has 2 heterocycles. The minimum atomic E-state index is 0.0775. The maximum Gasteiger partial charge on any atom is 0.224 e. The van der Waals surface area contributed by atoms with Gasteiger partial charge < -0.3 is 10.1 Å². The molecule has 1 aliphatic heterocycles. The number of carbonyl (C=O) groups excluding carboxylic acids is 1. The molecule has 1 aromatic carbocycles. The van der Waals surface area contributed by atoms with E-state index in [9.17, 15) is 4.79 Å². The Morgan fingerprint density at radius 3 is 2.67 bits per heavy atom. The summed E-state index contributed by atoms with van der Waals surface area (Å²) in [5.74, 6) is 0.0775. The highest BCUT2D eigenvalue weighted by molar-refractivity contribution is 7.10. The molecule has 128 valence electrons. The van der Waals surface area contributed by atoms with Crippen LogP contribution in [0.25, 0.3) is 0 Å². The maximum absolute atomic E-state index is 12.3. The van der Waals surface area contributed by atoms with Crippen LogP contribution in [0.2, 0.25) is 0 Å². The lowest BCUT2D eigenvalue weighted by Crippen LogP contribution is -2.43. The second-order valence-electron chi connectivity index (χ2n) is 6.15. The molecule has 1 aliphatic rings. The number of rotatable bonds is 6. The minimum Gasteiger partial charge on any atom is -0.379 e. The molecule has 5 heteroatoms. The minimum absolute atomic E-state index is 0.0775. The van der Waals surface area contributed by atoms with Crippen LogP contribution in [0.1, 0.15) is 22.0 Å². The van der Waals surface area contributed by atoms with Gasteiger partial charge in [-0.15, -0.1) is 11.3 Å². The lowest BCUT2D eigenvalue weighted by molar-refractivity contribution is -0.120. The summed E-state index contributed by atoms with van der Waals surface area (Å²) in [6.45, 7) is 6.05. The van der Waals surface area contributed by atoms with E-state index in [0.717, 1.165) is 31.9 Å². The maximum atomic E-state index is 12.3. The zero-order valence-corrected chi connectivity index (χ0v) is 14.8. The van der Waals surface area contributed by atoms with Crippen molar-refractivity contribution in [1.82, 2.24) is 10.2 Å². The molecular formula is C19H24N2O2S. The van der Waals surface area contributed by atoms with Crippen molar-refractivity contribution in [1.29, 1.82) is 0 Å². The van der Waals surface area contributed by atoms with Gasteiger partial charge in [0.05, 0.1) is 25.7 Å². The number of carbonyl (C=O) groups is 1. The summed E-state index contributed by atoms with van der Waals surface area (Å²) < 4.78 is 5.46. The number of nitrogens with one attached hydrogen (secondary N) is 1. The molecular weight excluding hydrogens is 320 g/mol. The van der Waals surface area contributed by atoms with Crippen molar-refractivity contribution in [3.8, 4) is 0 Å². The third kappa shape index (κ3) is 4.66. The standard InChI is InChI=1S/C19H24N2O2S/c1-15-4-6-16(7-5-15)13-19(22)20-14-17(18-3-2-12-24-18)21-8-10-23-11-9-21/h2-7,12,17H,8-11,13-14H2,1H3,(H,20,22)/t17-/m1/s1. The van der Waals surface area contributed by atoms with E-state index in [4.69, 9.17) is 4.74 Å². The summed E-state index contributed by atoms with van der Waals surface area (Å²) in [4.78, 5) is 16.0. The Kier molecular flexibility index (Phi) is 6.01. The fraction of sp³-hybridized carbons (Fsp3) is 0.421. The fourth-order valence-electron chi connectivity index (χ4n) is 2.94. The highest BCUT2D eigenvalue weighted by Crippen LogP contribution is 2.25. The third-order valence-electron chi connectivity index (χ3n) is 4.34. The van der Waals surface area contributed by atoms with E-state index in [-0.39, 0.29) is 11.9 Å². The van der Waals surface area contributed by atoms with Crippen LogP contribution in [0.15, 0.2) is 41.8 Å². The largest absolute Gasteiger partial charge is 0.379 e. The first-order chi connectivity index (χ1) is 11.7. The summed E-state index contributed by atoms with van der Waals surface area (Å²) >= 11 is 1.75. The van der Waals surface area contributed by atoms with E-state index in [1.165, 1.54) is 10.4 Å². The van der Waals surface area contributed by atoms with Crippen molar-refractivity contribution in [2.24, 2.45) is 0 Å². The number of morpholine rings is 1. The van der Waals surface area contributed by atoms with Gasteiger partial charge in [-0.05, 0) is 23.9 Å². The van der Waals surface area contributed by atoms with Crippen LogP contribution >= 0.6 is 11.3 Å². The molecule has 0 radical (unpaired) electrons. The Hall–Kier alpha value is -1.69. The Bertz CT molecular complexity index is 634. The van der Waals surface area contributed by atoms with Crippen molar-refractivity contribution in [3.05, 3.63) is 57.8 Å². The smallest absolute Gasteiger partial charge is 0.224 e. The zero-order valence-electron chi connectivity index (χ0n) is 14.0. The number of amides is 1. The molecule has 0 unspecified atom stereocenters. The van der Waals surface area contributed by atoms with Crippen molar-refractivity contribution in [2.75, 3.05) is 32.8 Å². The predicted octanol–water partition coefficient (Wildman–Crippen LogP) is 2.79. The van der Waals surface area contributed by atoms with Crippen molar-refractivity contribution in [2.45, 2.75) is 19.4 Å². The predicted molar refractivity (Wildman–Crippen MR) is 97.3 cm³/mol. The van der Waals surface area contributed by atoms with Gasteiger partial charge in [0, 0.05) is 24.5 Å². The molecule has 1 atom stereocenters. The van der Waals surface area contributed by atoms with Gasteiger partial charge in [0.2, 0.25) is 5.91 Å². The molecule has 4 nitrogen and oxygen atoms in total. The van der Waals surface area contributed by atoms with Gasteiger partial charge in [-0.1, -0.05) is 35.9 Å². The quantitative estimate of drug-likeness (QED) is 0.876. The Labute approximate surface area is 147 Å². The summed E-state index contributed by atoms with van der Waals surface area (Å²) in [5.41, 5.74) is 2.27. The van der Waals surface area contributed by atoms with Crippen molar-refractivity contribution < 1.29 is 9.53 Å². The first-order valence-electron chi connectivity index (χ1n) is 8.40. The first-order valence-corrected chi connectivity index (χ1v) is 9.28. The van der Waals surface area contributed by atoms with Crippen molar-refractivity contribution >= 4 is 17.2 Å². The van der Waals surface area contributed by atoms with Gasteiger partial charge in [-0.25, -0.2) is 0 Å². The third-order valence-corrected chi connectivity index (χ3v) is 5.31. The normalized spacial score (nSPS) is 16.7. The lowest BCUT2D eigenvalue weighted by Gasteiger charge is -2.34. The topological polar surface area (TPSA) is 41.6 Å². The van der Waals surface area contributed by atoms with E-state index in [2.05, 4.69) is 34.7 Å². The molecule has 24 heavy (non-hydrogen) atoms. The van der Waals surface area contributed by atoms with Crippen LogP contribution in [0.4, 0.5) is 0 Å². The van der Waals surface area contributed by atoms with E-state index in [1.54, 1.807) is 11.3 Å². The monoisotopic (exact) mass is 344 g/mol. The Balaban J connectivity index is 1.58. The van der Waals surface area contributed by atoms with Gasteiger partial charge in [0.25, 0.3) is 0 Å². The number of ether oxygens (including phenoxy) is 1. The second-order valence-corrected chi connectivity index (χ2v) is 7.13. The molecule has 1 fully saturated rings. The average molecular weight is 344 g/mol. The molecule has 0 saturated carbocycles. The molecule has 3 rings (SSSR count). The zero-order chi connectivity index (χ0) is 16.8. The Morgan fingerprint density at radius 2 is 2.00 bits per heavy atom. The van der Waals surface area contributed by atoms with E-state index >= 15 is 0 Å². The first kappa shape index (κ1) is 17.1. The van der Waals surface area contributed by atoms with Crippen LogP contribution in [-0.4, -0.2) is 43.7 Å². The van der Waals surface area contributed by atoms with Crippen LogP contribution in [0.3, 0.4) is 0 Å². The molecule has 2 aromatic rings. The number of aryl methyl sites for hydroxylation is 1. The average Bonchev–Trinajstić information content (AvgIpc) is 3.12. The van der Waals surface area contributed by atoms with E-state index in [1.807, 2.05) is 24.3 Å². The van der Waals surface area contributed by atoms with Gasteiger partial charge in [-0.2, -0.15) is 0 Å². The molecule has 0 bridgehead atoms. The van der Waals surface area contributed by atoms with Gasteiger partial charge in [-0.3, -0.25) is 9.69 Å². The van der Waals surface area contributed by atoms with E-state index in [0.29, 0.717) is 13.0 Å². The van der Waals surface area contributed by atoms with Crippen molar-refractivity contribution in [3.63, 3.8) is 0 Å². The van der Waals surface area contributed by atoms with Crippen LogP contribution in [0.5, 0.6) is 0 Å². The number of hydrogen-bond acceptors (Lipinski definition) is 4. The fourth-order valence-corrected chi connectivity index (χ4v) is 3.80. The van der Waals surface area contributed by atoms with Gasteiger partial charge in [0.15, 0.2) is 0 Å². The Morgan fingerprint density at radius 1 is 1.25 bits per heavy atom. The molecule has 1 saturated heterocycles. The number of nitrogens with zero attached hydrogens (tertiary/aromatic N) is 1. The molecule has 0 aliphatic carbocycles. The molecule has 1 amide bonds. The van der Waals surface area contributed by atoms with Crippen LogP contribution < -0.4 is 5.32 Å². The van der Waals surface area contributed by atoms with Crippen LogP contribution in [0, 0.1) is 6.92 Å². The number of thiophene rings is 1. The SMILES string of the molecule is Cc1ccc(CC(=O)NC[C@H](c2cccs2)N2CCOCC2)cc1. The summed E-state index contributed by atoms with van der Waals surface area (Å²) in [7, 11) is 0. The van der Waals surface area contributed by atoms with Crippen LogP contribution in [-0.2, 0) is 16.0 Å². The van der Waals surface area contributed by atoms with Gasteiger partial charge in [0.1, 0.15) is 0 Å². The second kappa shape index (κ2) is 8.42. The van der Waals surface area contributed by atoms with Gasteiger partial charge >= 0.3 is 0 Å². The summed E-state index contributed by atoms with van der Waals surface area (Å²) in [5, 5.41) is 5.21. The molecule has 1 aromatic heterocycles. The molecule has 0 spiro atoms.